The van der Waals surface area contributed by atoms with Gasteiger partial charge in [0.1, 0.15) is 12.4 Å². The Morgan fingerprint density at radius 2 is 1.81 bits per heavy atom. The molecule has 14 nitrogen and oxygen atoms in total. The number of methoxy groups -OCH3 is 1. The van der Waals surface area contributed by atoms with Crippen molar-refractivity contribution >= 4 is 23.9 Å². The predicted molar refractivity (Wildman–Crippen MR) is 164 cm³/mol. The number of ether oxygens (including phenoxy) is 4. The molecule has 0 spiro atoms. The van der Waals surface area contributed by atoms with Gasteiger partial charge in [-0.05, 0) is 73.5 Å². The standard InChI is InChI=1S/C31H30F3N5O9/c1-4-46-25-13-19(28-27(29(41)45-3)17(2)36-30(42)37-28)7-11-24(25)47-16-26(40)38-35-15-18-5-9-21(10-6-18)48-23-12-8-20(31(32,33)34)14-22(23)39(43)44/h5-15,26,28,38,40H,4,16H2,1-3H3,(H2,36,37,42)/b35-15-/t26-,28-/m1/s1. The number of amides is 2. The number of allylic oxidation sites excluding steroid dienone is 1. The topological polar surface area (TPSA) is 183 Å². The maximum absolute atomic E-state index is 13.0. The van der Waals surface area contributed by atoms with Crippen LogP contribution in [-0.2, 0) is 15.7 Å². The number of carbonyl (C=O) groups is 2. The van der Waals surface area contributed by atoms with Crippen LogP contribution in [0.1, 0.15) is 36.6 Å². The van der Waals surface area contributed by atoms with E-state index >= 15 is 0 Å². The molecule has 0 saturated heterocycles. The maximum Gasteiger partial charge on any atom is 0.416 e. The van der Waals surface area contributed by atoms with E-state index in [1.54, 1.807) is 32.0 Å². The van der Waals surface area contributed by atoms with Gasteiger partial charge in [-0.3, -0.25) is 15.5 Å². The normalized spacial score (nSPS) is 15.3. The van der Waals surface area contributed by atoms with Crippen LogP contribution in [0.25, 0.3) is 0 Å². The number of nitrogens with zero attached hydrogens (tertiary/aromatic N) is 2. The molecular formula is C31H30F3N5O9. The van der Waals surface area contributed by atoms with Crippen molar-refractivity contribution in [2.24, 2.45) is 5.10 Å². The molecule has 48 heavy (non-hydrogen) atoms. The molecule has 0 unspecified atom stereocenters. The molecule has 2 atom stereocenters. The van der Waals surface area contributed by atoms with Gasteiger partial charge in [-0.2, -0.15) is 18.3 Å². The Bertz CT molecular complexity index is 1730. The number of alkyl halides is 3. The summed E-state index contributed by atoms with van der Waals surface area (Å²) in [7, 11) is 1.24. The first-order valence-electron chi connectivity index (χ1n) is 14.2. The van der Waals surface area contributed by atoms with Crippen molar-refractivity contribution < 1.29 is 51.7 Å². The second-order valence-electron chi connectivity index (χ2n) is 10.0. The fourth-order valence-electron chi connectivity index (χ4n) is 4.49. The molecule has 3 aromatic rings. The number of hydrazone groups is 1. The summed E-state index contributed by atoms with van der Waals surface area (Å²) in [5.41, 5.74) is 2.10. The predicted octanol–water partition coefficient (Wildman–Crippen LogP) is 4.93. The SMILES string of the molecule is CCOc1cc([C@H]2NC(=O)NC(C)=C2C(=O)OC)ccc1OC[C@@H](O)N/N=C\c1ccc(Oc2ccc(C(F)(F)F)cc2[N+](=O)[O-])cc1. The lowest BCUT2D eigenvalue weighted by molar-refractivity contribution is -0.385. The Morgan fingerprint density at radius 3 is 2.46 bits per heavy atom. The molecule has 17 heteroatoms. The number of nitrogens with one attached hydrogen (secondary N) is 3. The van der Waals surface area contributed by atoms with E-state index in [4.69, 9.17) is 18.9 Å². The van der Waals surface area contributed by atoms with Crippen LogP contribution in [0, 0.1) is 10.1 Å². The number of nitro groups is 1. The molecule has 1 aliphatic rings. The van der Waals surface area contributed by atoms with Crippen molar-refractivity contribution in [3.8, 4) is 23.0 Å². The van der Waals surface area contributed by atoms with E-state index in [1.165, 1.54) is 37.6 Å². The summed E-state index contributed by atoms with van der Waals surface area (Å²) in [5.74, 6) is -0.286. The van der Waals surface area contributed by atoms with Crippen LogP contribution in [0.15, 0.2) is 77.0 Å². The van der Waals surface area contributed by atoms with Crippen molar-refractivity contribution in [3.63, 3.8) is 0 Å². The summed E-state index contributed by atoms with van der Waals surface area (Å²) in [4.78, 5) is 34.9. The zero-order valence-corrected chi connectivity index (χ0v) is 25.7. The first-order chi connectivity index (χ1) is 22.8. The minimum atomic E-state index is -4.75. The second-order valence-corrected chi connectivity index (χ2v) is 10.0. The number of carbonyl (C=O) groups excluding carboxylic acids is 2. The van der Waals surface area contributed by atoms with E-state index in [1.807, 2.05) is 0 Å². The number of urea groups is 1. The molecule has 254 valence electrons. The minimum Gasteiger partial charge on any atom is -0.490 e. The third kappa shape index (κ3) is 8.69. The first kappa shape index (κ1) is 35.0. The van der Waals surface area contributed by atoms with E-state index < -0.39 is 46.6 Å². The summed E-state index contributed by atoms with van der Waals surface area (Å²) in [5, 5.41) is 30.8. The van der Waals surface area contributed by atoms with Crippen LogP contribution < -0.4 is 30.3 Å². The molecule has 0 aromatic heterocycles. The highest BCUT2D eigenvalue weighted by Crippen LogP contribution is 2.38. The minimum absolute atomic E-state index is 0.128. The number of halogens is 3. The monoisotopic (exact) mass is 673 g/mol. The Kier molecular flexibility index (Phi) is 11.1. The molecule has 0 bridgehead atoms. The third-order valence-corrected chi connectivity index (χ3v) is 6.70. The van der Waals surface area contributed by atoms with Crippen molar-refractivity contribution in [2.75, 3.05) is 20.3 Å². The average Bonchev–Trinajstić information content (AvgIpc) is 3.04. The van der Waals surface area contributed by atoms with Crippen molar-refractivity contribution in [2.45, 2.75) is 32.3 Å². The highest BCUT2D eigenvalue weighted by atomic mass is 19.4. The molecule has 2 amide bonds. The van der Waals surface area contributed by atoms with Gasteiger partial charge in [-0.25, -0.2) is 9.59 Å². The van der Waals surface area contributed by atoms with Crippen LogP contribution in [-0.4, -0.2) is 54.8 Å². The zero-order chi connectivity index (χ0) is 35.0. The Morgan fingerprint density at radius 1 is 1.10 bits per heavy atom. The number of rotatable bonds is 13. The Labute approximate surface area is 271 Å². The van der Waals surface area contributed by atoms with Gasteiger partial charge in [0, 0.05) is 11.8 Å². The summed E-state index contributed by atoms with van der Waals surface area (Å²) >= 11 is 0. The summed E-state index contributed by atoms with van der Waals surface area (Å²) < 4.78 is 60.6. The van der Waals surface area contributed by atoms with Gasteiger partial charge in [0.15, 0.2) is 17.7 Å². The van der Waals surface area contributed by atoms with Gasteiger partial charge in [-0.1, -0.05) is 6.07 Å². The molecule has 1 heterocycles. The van der Waals surface area contributed by atoms with Crippen LogP contribution in [0.2, 0.25) is 0 Å². The smallest absolute Gasteiger partial charge is 0.416 e. The van der Waals surface area contributed by atoms with Gasteiger partial charge in [0.05, 0.1) is 42.0 Å². The van der Waals surface area contributed by atoms with Crippen LogP contribution in [0.5, 0.6) is 23.0 Å². The molecule has 4 N–H and O–H groups in total. The number of hydrogen-bond acceptors (Lipinski definition) is 11. The Balaban J connectivity index is 1.36. The second kappa shape index (κ2) is 15.2. The van der Waals surface area contributed by atoms with Crippen molar-refractivity contribution in [1.29, 1.82) is 0 Å². The van der Waals surface area contributed by atoms with Crippen molar-refractivity contribution in [1.82, 2.24) is 16.1 Å². The summed E-state index contributed by atoms with van der Waals surface area (Å²) in [6.45, 7) is 3.36. The number of aliphatic hydroxyl groups is 1. The number of aliphatic hydroxyl groups excluding tert-OH is 1. The number of hydrogen-bond donors (Lipinski definition) is 4. The number of nitro benzene ring substituents is 1. The fourth-order valence-corrected chi connectivity index (χ4v) is 4.49. The lowest BCUT2D eigenvalue weighted by atomic mass is 9.95. The molecule has 0 saturated carbocycles. The lowest BCUT2D eigenvalue weighted by Crippen LogP contribution is -2.45. The number of esters is 1. The van der Waals surface area contributed by atoms with Crippen molar-refractivity contribution in [3.05, 3.63) is 98.7 Å². The van der Waals surface area contributed by atoms with Gasteiger partial charge in [-0.15, -0.1) is 0 Å². The third-order valence-electron chi connectivity index (χ3n) is 6.70. The lowest BCUT2D eigenvalue weighted by Gasteiger charge is -2.28. The molecule has 1 aliphatic heterocycles. The quantitative estimate of drug-likeness (QED) is 0.0639. The first-order valence-corrected chi connectivity index (χ1v) is 14.2. The van der Waals surface area contributed by atoms with E-state index in [0.29, 0.717) is 34.7 Å². The van der Waals surface area contributed by atoms with E-state index in [0.717, 1.165) is 6.07 Å². The summed E-state index contributed by atoms with van der Waals surface area (Å²) in [6, 6.07) is 11.4. The van der Waals surface area contributed by atoms with Gasteiger partial charge >= 0.3 is 23.9 Å². The molecular weight excluding hydrogens is 643 g/mol. The molecule has 0 aliphatic carbocycles. The summed E-state index contributed by atoms with van der Waals surface area (Å²) in [6.07, 6.45) is -4.66. The fraction of sp³-hybridized carbons (Fsp3) is 0.258. The van der Waals surface area contributed by atoms with Gasteiger partial charge < -0.3 is 34.7 Å². The van der Waals surface area contributed by atoms with Crippen LogP contribution >= 0.6 is 0 Å². The largest absolute Gasteiger partial charge is 0.490 e. The van der Waals surface area contributed by atoms with Gasteiger partial charge in [0.25, 0.3) is 0 Å². The molecule has 0 radical (unpaired) electrons. The highest BCUT2D eigenvalue weighted by Gasteiger charge is 2.34. The maximum atomic E-state index is 13.0. The van der Waals surface area contributed by atoms with Gasteiger partial charge in [0.2, 0.25) is 5.75 Å². The van der Waals surface area contributed by atoms with Crippen LogP contribution in [0.3, 0.4) is 0 Å². The van der Waals surface area contributed by atoms with Crippen LogP contribution in [0.4, 0.5) is 23.7 Å². The molecule has 0 fully saturated rings. The van der Waals surface area contributed by atoms with E-state index in [-0.39, 0.29) is 36.0 Å². The molecule has 4 rings (SSSR count). The van der Waals surface area contributed by atoms with E-state index in [9.17, 15) is 38.0 Å². The Hall–Kier alpha value is -5.84. The average molecular weight is 674 g/mol. The van der Waals surface area contributed by atoms with E-state index in [2.05, 4.69) is 21.2 Å². The highest BCUT2D eigenvalue weighted by molar-refractivity contribution is 5.95. The molecule has 3 aromatic carbocycles. The number of benzene rings is 3. The zero-order valence-electron chi connectivity index (χ0n) is 25.7.